The lowest BCUT2D eigenvalue weighted by atomic mass is 10.4. The molecule has 116 valence electrons. The molecule has 0 radical (unpaired) electrons. The average Bonchev–Trinajstić information content (AvgIpc) is 2.79. The summed E-state index contributed by atoms with van der Waals surface area (Å²) in [6, 6.07) is 0. The molecule has 7 nitrogen and oxygen atoms in total. The van der Waals surface area contributed by atoms with Crippen molar-refractivity contribution >= 4 is 33.2 Å². The van der Waals surface area contributed by atoms with E-state index in [0.717, 1.165) is 19.2 Å². The minimum atomic E-state index is -3.42. The topological polar surface area (TPSA) is 92.3 Å². The number of anilines is 1. The van der Waals surface area contributed by atoms with Crippen LogP contribution in [0.15, 0.2) is 11.1 Å². The molecule has 0 unspecified atom stereocenters. The van der Waals surface area contributed by atoms with Gasteiger partial charge >= 0.3 is 0 Å². The number of amides is 1. The Balaban J connectivity index is 1.93. The van der Waals surface area contributed by atoms with Gasteiger partial charge in [0.15, 0.2) is 9.84 Å². The highest BCUT2D eigenvalue weighted by Gasteiger charge is 2.19. The number of nitrogens with zero attached hydrogens (tertiary/aromatic N) is 3. The van der Waals surface area contributed by atoms with E-state index in [1.54, 1.807) is 0 Å². The van der Waals surface area contributed by atoms with Gasteiger partial charge < -0.3 is 10.2 Å². The largest absolute Gasteiger partial charge is 0.369 e. The second kappa shape index (κ2) is 6.57. The zero-order valence-corrected chi connectivity index (χ0v) is 13.2. The predicted octanol–water partition coefficient (Wildman–Crippen LogP) is 0.958. The van der Waals surface area contributed by atoms with E-state index >= 15 is 0 Å². The van der Waals surface area contributed by atoms with Crippen molar-refractivity contribution in [1.82, 2.24) is 14.9 Å². The standard InChI is InChI=1S/C12H17ClN4O3S/c1-21(19,20)9-8-15-12(13)16-11(9)14-5-3-7-17-6-2-4-10(17)18/h8H,2-7H2,1H3,(H,14,15,16). The number of carbonyl (C=O) groups is 1. The van der Waals surface area contributed by atoms with Crippen molar-refractivity contribution < 1.29 is 13.2 Å². The van der Waals surface area contributed by atoms with Crippen LogP contribution < -0.4 is 5.32 Å². The lowest BCUT2D eigenvalue weighted by Crippen LogP contribution is -2.27. The van der Waals surface area contributed by atoms with Crippen molar-refractivity contribution in [3.05, 3.63) is 11.5 Å². The molecule has 1 aromatic heterocycles. The Morgan fingerprint density at radius 1 is 1.48 bits per heavy atom. The molecular weight excluding hydrogens is 316 g/mol. The molecule has 2 heterocycles. The number of hydrogen-bond donors (Lipinski definition) is 1. The first-order valence-corrected chi connectivity index (χ1v) is 8.89. The molecule has 9 heteroatoms. The smallest absolute Gasteiger partial charge is 0.224 e. The van der Waals surface area contributed by atoms with Gasteiger partial charge in [-0.3, -0.25) is 4.79 Å². The number of sulfone groups is 1. The van der Waals surface area contributed by atoms with E-state index < -0.39 is 9.84 Å². The number of aromatic nitrogens is 2. The molecule has 0 bridgehead atoms. The summed E-state index contributed by atoms with van der Waals surface area (Å²) in [6.07, 6.45) is 4.51. The fraction of sp³-hybridized carbons (Fsp3) is 0.583. The number of carbonyl (C=O) groups excluding carboxylic acids is 1. The van der Waals surface area contributed by atoms with E-state index in [2.05, 4.69) is 15.3 Å². The molecule has 0 atom stereocenters. The molecule has 1 aliphatic rings. The fourth-order valence-electron chi connectivity index (χ4n) is 2.16. The van der Waals surface area contributed by atoms with Crippen LogP contribution in [-0.2, 0) is 14.6 Å². The molecule has 1 N–H and O–H groups in total. The summed E-state index contributed by atoms with van der Waals surface area (Å²) in [5, 5.41) is 2.93. The summed E-state index contributed by atoms with van der Waals surface area (Å²) in [6.45, 7) is 1.95. The molecule has 1 aliphatic heterocycles. The molecule has 1 aromatic rings. The highest BCUT2D eigenvalue weighted by molar-refractivity contribution is 7.90. The third kappa shape index (κ3) is 4.28. The summed E-state index contributed by atoms with van der Waals surface area (Å²) in [7, 11) is -3.42. The van der Waals surface area contributed by atoms with E-state index in [9.17, 15) is 13.2 Å². The molecule has 1 saturated heterocycles. The monoisotopic (exact) mass is 332 g/mol. The Labute approximate surface area is 128 Å². The third-order valence-corrected chi connectivity index (χ3v) is 4.47. The predicted molar refractivity (Wildman–Crippen MR) is 79.1 cm³/mol. The Hall–Kier alpha value is -1.41. The summed E-state index contributed by atoms with van der Waals surface area (Å²) in [5.74, 6) is 0.377. The van der Waals surface area contributed by atoms with Gasteiger partial charge in [0.25, 0.3) is 0 Å². The van der Waals surface area contributed by atoms with E-state index in [4.69, 9.17) is 11.6 Å². The van der Waals surface area contributed by atoms with Crippen LogP contribution in [-0.4, -0.2) is 55.1 Å². The molecule has 0 saturated carbocycles. The molecule has 1 amide bonds. The Bertz CT molecular complexity index is 635. The van der Waals surface area contributed by atoms with Gasteiger partial charge in [-0.1, -0.05) is 0 Å². The van der Waals surface area contributed by atoms with Gasteiger partial charge in [0.2, 0.25) is 11.2 Å². The van der Waals surface area contributed by atoms with Crippen molar-refractivity contribution in [1.29, 1.82) is 0 Å². The number of nitrogens with one attached hydrogen (secondary N) is 1. The second-order valence-corrected chi connectivity index (χ2v) is 7.21. The highest BCUT2D eigenvalue weighted by Crippen LogP contribution is 2.19. The van der Waals surface area contributed by atoms with Gasteiger partial charge in [-0.2, -0.15) is 4.98 Å². The lowest BCUT2D eigenvalue weighted by molar-refractivity contribution is -0.127. The lowest BCUT2D eigenvalue weighted by Gasteiger charge is -2.16. The minimum Gasteiger partial charge on any atom is -0.369 e. The van der Waals surface area contributed by atoms with E-state index in [1.165, 1.54) is 6.20 Å². The quantitative estimate of drug-likeness (QED) is 0.616. The van der Waals surface area contributed by atoms with Gasteiger partial charge in [-0.05, 0) is 24.4 Å². The zero-order valence-electron chi connectivity index (χ0n) is 11.7. The molecule has 0 aliphatic carbocycles. The second-order valence-electron chi connectivity index (χ2n) is 4.89. The molecule has 0 aromatic carbocycles. The third-order valence-electron chi connectivity index (χ3n) is 3.19. The van der Waals surface area contributed by atoms with Crippen LogP contribution in [0.25, 0.3) is 0 Å². The highest BCUT2D eigenvalue weighted by atomic mass is 35.5. The molecule has 2 rings (SSSR count). The first kappa shape index (κ1) is 16.0. The first-order chi connectivity index (χ1) is 9.88. The Morgan fingerprint density at radius 2 is 2.24 bits per heavy atom. The van der Waals surface area contributed by atoms with Crippen LogP contribution in [0.4, 0.5) is 5.82 Å². The number of hydrogen-bond acceptors (Lipinski definition) is 6. The van der Waals surface area contributed by atoms with E-state index in [1.807, 2.05) is 4.90 Å². The van der Waals surface area contributed by atoms with Crippen LogP contribution in [0.1, 0.15) is 19.3 Å². The maximum Gasteiger partial charge on any atom is 0.224 e. The Kier molecular flexibility index (Phi) is 5.00. The number of likely N-dealkylation sites (tertiary alicyclic amines) is 1. The molecular formula is C12H17ClN4O3S. The van der Waals surface area contributed by atoms with Gasteiger partial charge in [0.1, 0.15) is 10.7 Å². The minimum absolute atomic E-state index is 0.0142. The number of halogens is 1. The fourth-order valence-corrected chi connectivity index (χ4v) is 3.01. The van der Waals surface area contributed by atoms with Gasteiger partial charge in [0.05, 0.1) is 6.20 Å². The molecule has 0 spiro atoms. The van der Waals surface area contributed by atoms with Crippen LogP contribution in [0, 0.1) is 0 Å². The summed E-state index contributed by atoms with van der Waals surface area (Å²) >= 11 is 5.69. The van der Waals surface area contributed by atoms with Gasteiger partial charge in [-0.25, -0.2) is 13.4 Å². The van der Waals surface area contributed by atoms with Gasteiger partial charge in [0, 0.05) is 32.3 Å². The Morgan fingerprint density at radius 3 is 2.86 bits per heavy atom. The van der Waals surface area contributed by atoms with E-state index in [0.29, 0.717) is 25.9 Å². The first-order valence-electron chi connectivity index (χ1n) is 6.62. The summed E-state index contributed by atoms with van der Waals surface area (Å²) in [4.78, 5) is 20.9. The van der Waals surface area contributed by atoms with E-state index in [-0.39, 0.29) is 21.9 Å². The molecule has 21 heavy (non-hydrogen) atoms. The van der Waals surface area contributed by atoms with Crippen molar-refractivity contribution in [3.63, 3.8) is 0 Å². The van der Waals surface area contributed by atoms with Crippen LogP contribution in [0.5, 0.6) is 0 Å². The molecule has 1 fully saturated rings. The van der Waals surface area contributed by atoms with Gasteiger partial charge in [-0.15, -0.1) is 0 Å². The summed E-state index contributed by atoms with van der Waals surface area (Å²) in [5.41, 5.74) is 0. The van der Waals surface area contributed by atoms with Crippen LogP contribution in [0.3, 0.4) is 0 Å². The van der Waals surface area contributed by atoms with Crippen LogP contribution >= 0.6 is 11.6 Å². The number of rotatable bonds is 6. The SMILES string of the molecule is CS(=O)(=O)c1cnc(Cl)nc1NCCCN1CCCC1=O. The van der Waals surface area contributed by atoms with Crippen molar-refractivity contribution in [3.8, 4) is 0 Å². The van der Waals surface area contributed by atoms with Crippen molar-refractivity contribution in [2.45, 2.75) is 24.2 Å². The maximum absolute atomic E-state index is 11.6. The van der Waals surface area contributed by atoms with Crippen molar-refractivity contribution in [2.24, 2.45) is 0 Å². The maximum atomic E-state index is 11.6. The van der Waals surface area contributed by atoms with Crippen LogP contribution in [0.2, 0.25) is 5.28 Å². The summed E-state index contributed by atoms with van der Waals surface area (Å²) < 4.78 is 23.3. The van der Waals surface area contributed by atoms with Crippen molar-refractivity contribution in [2.75, 3.05) is 31.2 Å². The average molecular weight is 333 g/mol. The normalized spacial score (nSPS) is 15.5. The zero-order chi connectivity index (χ0) is 15.5.